The van der Waals surface area contributed by atoms with Gasteiger partial charge in [-0.1, -0.05) is 17.7 Å². The van der Waals surface area contributed by atoms with Crippen LogP contribution in [-0.4, -0.2) is 17.4 Å². The highest BCUT2D eigenvalue weighted by atomic mass is 79.9. The van der Waals surface area contributed by atoms with Crippen molar-refractivity contribution in [3.8, 4) is 0 Å². The molecule has 1 aromatic heterocycles. The van der Waals surface area contributed by atoms with E-state index in [-0.39, 0.29) is 16.5 Å². The predicted octanol–water partition coefficient (Wildman–Crippen LogP) is 6.00. The van der Waals surface area contributed by atoms with E-state index in [1.807, 2.05) is 18.2 Å². The number of nitrogens with two attached hydrogens (primary N) is 1. The minimum Gasteiger partial charge on any atom is -0.370 e. The Morgan fingerprint density at radius 3 is 2.52 bits per heavy atom. The van der Waals surface area contributed by atoms with Gasteiger partial charge in [0.05, 0.1) is 16.1 Å². The maximum absolute atomic E-state index is 13.2. The standard InChI is InChI=1S/C20H20BrClF3N3O/c21-16-2-1-3-17(28-16)27-10-11-4-6-12(7-5-11)14-8-13(20(23,24)25)9-15(18(14)22)19(26)29/h1-3,8-9,11-12H,4-7,10H2,(H2,26,29)(H,27,28). The van der Waals surface area contributed by atoms with Crippen molar-refractivity contribution in [2.24, 2.45) is 11.7 Å². The molecule has 1 aliphatic rings. The molecule has 1 aliphatic carbocycles. The summed E-state index contributed by atoms with van der Waals surface area (Å²) in [6, 6.07) is 7.40. The molecule has 1 aromatic carbocycles. The zero-order valence-corrected chi connectivity index (χ0v) is 17.7. The Balaban J connectivity index is 1.70. The van der Waals surface area contributed by atoms with Crippen LogP contribution in [0.3, 0.4) is 0 Å². The predicted molar refractivity (Wildman–Crippen MR) is 110 cm³/mol. The molecule has 1 heterocycles. The number of pyridine rings is 1. The molecule has 0 unspecified atom stereocenters. The molecule has 0 radical (unpaired) electrons. The normalized spacial score (nSPS) is 19.8. The molecule has 3 rings (SSSR count). The number of halogens is 5. The van der Waals surface area contributed by atoms with Crippen molar-refractivity contribution < 1.29 is 18.0 Å². The first-order chi connectivity index (χ1) is 13.6. The highest BCUT2D eigenvalue weighted by Gasteiger charge is 2.34. The van der Waals surface area contributed by atoms with Crippen LogP contribution < -0.4 is 11.1 Å². The largest absolute Gasteiger partial charge is 0.416 e. The molecule has 1 fully saturated rings. The second-order valence-corrected chi connectivity index (χ2v) is 8.42. The Morgan fingerprint density at radius 1 is 1.24 bits per heavy atom. The number of hydrogen-bond acceptors (Lipinski definition) is 3. The molecule has 0 spiro atoms. The van der Waals surface area contributed by atoms with Gasteiger partial charge in [0.25, 0.3) is 0 Å². The first-order valence-corrected chi connectivity index (χ1v) is 10.4. The number of benzene rings is 1. The summed E-state index contributed by atoms with van der Waals surface area (Å²) in [5.74, 6) is 0.0608. The highest BCUT2D eigenvalue weighted by molar-refractivity contribution is 9.10. The number of nitrogens with one attached hydrogen (secondary N) is 1. The fourth-order valence-electron chi connectivity index (χ4n) is 3.72. The van der Waals surface area contributed by atoms with Gasteiger partial charge in [-0.3, -0.25) is 4.79 Å². The molecule has 3 N–H and O–H groups in total. The minimum absolute atomic E-state index is 0.0328. The van der Waals surface area contributed by atoms with Crippen LogP contribution in [0.4, 0.5) is 19.0 Å². The van der Waals surface area contributed by atoms with Crippen LogP contribution in [0.25, 0.3) is 0 Å². The SMILES string of the molecule is NC(=O)c1cc(C(F)(F)F)cc(C2CCC(CNc3cccc(Br)n3)CC2)c1Cl. The van der Waals surface area contributed by atoms with Crippen LogP contribution in [0.1, 0.15) is 53.1 Å². The van der Waals surface area contributed by atoms with Gasteiger partial charge in [0.1, 0.15) is 10.4 Å². The summed E-state index contributed by atoms with van der Waals surface area (Å²) in [7, 11) is 0. The van der Waals surface area contributed by atoms with Gasteiger partial charge in [-0.2, -0.15) is 13.2 Å². The first kappa shape index (κ1) is 21.9. The highest BCUT2D eigenvalue weighted by Crippen LogP contribution is 2.42. The lowest BCUT2D eigenvalue weighted by Gasteiger charge is -2.30. The molecule has 1 amide bonds. The van der Waals surface area contributed by atoms with Crippen molar-refractivity contribution >= 4 is 39.3 Å². The number of aromatic nitrogens is 1. The van der Waals surface area contributed by atoms with Crippen molar-refractivity contribution in [1.82, 2.24) is 4.98 Å². The summed E-state index contributed by atoms with van der Waals surface area (Å²) in [6.45, 7) is 0.735. The van der Waals surface area contributed by atoms with Gasteiger partial charge in [-0.25, -0.2) is 4.98 Å². The van der Waals surface area contributed by atoms with E-state index in [0.717, 1.165) is 41.9 Å². The van der Waals surface area contributed by atoms with E-state index in [9.17, 15) is 18.0 Å². The summed E-state index contributed by atoms with van der Waals surface area (Å²) in [5.41, 5.74) is 4.43. The van der Waals surface area contributed by atoms with Crippen LogP contribution in [0.2, 0.25) is 5.02 Å². The number of nitrogens with zero attached hydrogens (tertiary/aromatic N) is 1. The number of anilines is 1. The number of carbonyl (C=O) groups is 1. The van der Waals surface area contributed by atoms with Gasteiger partial charge in [0.2, 0.25) is 5.91 Å². The van der Waals surface area contributed by atoms with Gasteiger partial charge in [-0.05, 0) is 83.3 Å². The van der Waals surface area contributed by atoms with Crippen molar-refractivity contribution in [1.29, 1.82) is 0 Å². The van der Waals surface area contributed by atoms with E-state index in [1.54, 1.807) is 0 Å². The van der Waals surface area contributed by atoms with Crippen LogP contribution >= 0.6 is 27.5 Å². The van der Waals surface area contributed by atoms with Crippen LogP contribution in [0, 0.1) is 5.92 Å². The molecule has 4 nitrogen and oxygen atoms in total. The van der Waals surface area contributed by atoms with E-state index in [4.69, 9.17) is 17.3 Å². The van der Waals surface area contributed by atoms with Crippen molar-refractivity contribution in [2.45, 2.75) is 37.8 Å². The molecule has 0 aliphatic heterocycles. The summed E-state index contributed by atoms with van der Waals surface area (Å²) in [4.78, 5) is 15.9. The molecular formula is C20H20BrClF3N3O. The van der Waals surface area contributed by atoms with E-state index in [2.05, 4.69) is 26.2 Å². The fraction of sp³-hybridized carbons (Fsp3) is 0.400. The Bertz CT molecular complexity index is 899. The Hall–Kier alpha value is -1.80. The smallest absolute Gasteiger partial charge is 0.370 e. The topological polar surface area (TPSA) is 68.0 Å². The molecule has 0 saturated heterocycles. The molecule has 156 valence electrons. The van der Waals surface area contributed by atoms with Crippen molar-refractivity contribution in [3.05, 3.63) is 56.6 Å². The third kappa shape index (κ3) is 5.42. The van der Waals surface area contributed by atoms with Gasteiger partial charge in [-0.15, -0.1) is 0 Å². The molecule has 2 aromatic rings. The fourth-order valence-corrected chi connectivity index (χ4v) is 4.42. The van der Waals surface area contributed by atoms with Crippen LogP contribution in [0.15, 0.2) is 34.9 Å². The van der Waals surface area contributed by atoms with Gasteiger partial charge in [0, 0.05) is 6.54 Å². The van der Waals surface area contributed by atoms with E-state index < -0.39 is 17.6 Å². The third-order valence-electron chi connectivity index (χ3n) is 5.27. The van der Waals surface area contributed by atoms with Crippen LogP contribution in [0.5, 0.6) is 0 Å². The number of primary amides is 1. The number of rotatable bonds is 5. The summed E-state index contributed by atoms with van der Waals surface area (Å²) in [5, 5.41) is 3.33. The number of hydrogen-bond donors (Lipinski definition) is 2. The lowest BCUT2D eigenvalue weighted by atomic mass is 9.78. The monoisotopic (exact) mass is 489 g/mol. The summed E-state index contributed by atoms with van der Waals surface area (Å²) >= 11 is 9.59. The summed E-state index contributed by atoms with van der Waals surface area (Å²) in [6.07, 6.45) is -1.51. The molecule has 29 heavy (non-hydrogen) atoms. The number of alkyl halides is 3. The molecular weight excluding hydrogens is 471 g/mol. The van der Waals surface area contributed by atoms with Crippen molar-refractivity contribution in [3.63, 3.8) is 0 Å². The Morgan fingerprint density at radius 2 is 1.93 bits per heavy atom. The quantitative estimate of drug-likeness (QED) is 0.505. The number of carbonyl (C=O) groups excluding carboxylic acids is 1. The lowest BCUT2D eigenvalue weighted by molar-refractivity contribution is -0.137. The minimum atomic E-state index is -4.57. The molecule has 9 heteroatoms. The van der Waals surface area contributed by atoms with Crippen LogP contribution in [-0.2, 0) is 6.18 Å². The van der Waals surface area contributed by atoms with E-state index in [0.29, 0.717) is 24.3 Å². The second-order valence-electron chi connectivity index (χ2n) is 7.23. The van der Waals surface area contributed by atoms with Crippen molar-refractivity contribution in [2.75, 3.05) is 11.9 Å². The van der Waals surface area contributed by atoms with Gasteiger partial charge < -0.3 is 11.1 Å². The average Bonchev–Trinajstić information content (AvgIpc) is 2.66. The van der Waals surface area contributed by atoms with E-state index >= 15 is 0 Å². The second kappa shape index (κ2) is 8.92. The van der Waals surface area contributed by atoms with Gasteiger partial charge >= 0.3 is 6.18 Å². The molecule has 1 saturated carbocycles. The number of amides is 1. The Labute approximate surface area is 180 Å². The maximum Gasteiger partial charge on any atom is 0.416 e. The van der Waals surface area contributed by atoms with Gasteiger partial charge in [0.15, 0.2) is 0 Å². The van der Waals surface area contributed by atoms with E-state index in [1.165, 1.54) is 0 Å². The zero-order valence-electron chi connectivity index (χ0n) is 15.4. The lowest BCUT2D eigenvalue weighted by Crippen LogP contribution is -2.22. The summed E-state index contributed by atoms with van der Waals surface area (Å²) < 4.78 is 40.5. The zero-order chi connectivity index (χ0) is 21.2. The molecule has 0 bridgehead atoms. The first-order valence-electron chi connectivity index (χ1n) is 9.22. The Kier molecular flexibility index (Phi) is 6.73. The average molecular weight is 491 g/mol. The molecule has 0 atom stereocenters. The maximum atomic E-state index is 13.2. The third-order valence-corrected chi connectivity index (χ3v) is 6.13.